The number of aromatic hydroxyl groups is 1. The summed E-state index contributed by atoms with van der Waals surface area (Å²) < 4.78 is 15.1. The van der Waals surface area contributed by atoms with Gasteiger partial charge in [0.05, 0.1) is 19.3 Å². The lowest BCUT2D eigenvalue weighted by Gasteiger charge is -2.14. The number of hydrogen-bond donors (Lipinski definition) is 2. The molecule has 0 aliphatic heterocycles. The fourth-order valence-corrected chi connectivity index (χ4v) is 2.35. The van der Waals surface area contributed by atoms with Gasteiger partial charge in [0, 0.05) is 27.3 Å². The van der Waals surface area contributed by atoms with E-state index in [9.17, 15) is 14.7 Å². The molecule has 2 rings (SSSR count). The summed E-state index contributed by atoms with van der Waals surface area (Å²) in [5, 5.41) is 12.4. The van der Waals surface area contributed by atoms with Crippen molar-refractivity contribution in [2.45, 2.75) is 13.0 Å². The third-order valence-corrected chi connectivity index (χ3v) is 3.44. The minimum atomic E-state index is -0.520. The Morgan fingerprint density at radius 3 is 2.65 bits per heavy atom. The Morgan fingerprint density at radius 1 is 1.27 bits per heavy atom. The second-order valence-corrected chi connectivity index (χ2v) is 5.69. The molecule has 0 radical (unpaired) electrons. The molecule has 1 aromatic carbocycles. The highest BCUT2D eigenvalue weighted by Gasteiger charge is 2.13. The summed E-state index contributed by atoms with van der Waals surface area (Å²) in [5.74, 6) is -0.537. The third-order valence-electron chi connectivity index (χ3n) is 3.25. The number of amides is 1. The Morgan fingerprint density at radius 2 is 2.04 bits per heavy atom. The number of ether oxygens (including phenoxy) is 2. The number of rotatable bonds is 7. The van der Waals surface area contributed by atoms with Crippen molar-refractivity contribution in [1.82, 2.24) is 4.98 Å². The fraction of sp³-hybridized carbons (Fsp3) is 0.235. The van der Waals surface area contributed by atoms with Crippen LogP contribution in [0.2, 0.25) is 0 Å². The summed E-state index contributed by atoms with van der Waals surface area (Å²) in [6.07, 6.45) is 1.03. The van der Waals surface area contributed by atoms with Gasteiger partial charge >= 0.3 is 5.97 Å². The molecule has 1 heterocycles. The number of nitrogens with zero attached hydrogens (tertiary/aromatic N) is 1. The number of esters is 1. The minimum Gasteiger partial charge on any atom is -0.508 e. The second-order valence-electron chi connectivity index (χ2n) is 5.36. The average molecular weight is 378 g/mol. The van der Waals surface area contributed by atoms with Crippen LogP contribution >= 0.6 is 9.47 Å². The first-order valence-electron chi connectivity index (χ1n) is 7.61. The van der Waals surface area contributed by atoms with Crippen molar-refractivity contribution < 1.29 is 28.7 Å². The van der Waals surface area contributed by atoms with Crippen molar-refractivity contribution >= 4 is 27.2 Å². The lowest BCUT2D eigenvalue weighted by molar-refractivity contribution is 0.0600. The molecule has 0 aliphatic carbocycles. The summed E-state index contributed by atoms with van der Waals surface area (Å²) in [5.41, 5.74) is 0.460. The zero-order valence-electron chi connectivity index (χ0n) is 14.3. The predicted molar refractivity (Wildman–Crippen MR) is 97.4 cm³/mol. The third kappa shape index (κ3) is 5.40. The molecule has 1 unspecified atom stereocenters. The molecule has 9 heteroatoms. The van der Waals surface area contributed by atoms with Gasteiger partial charge in [-0.3, -0.25) is 4.79 Å². The van der Waals surface area contributed by atoms with Crippen LogP contribution in [-0.4, -0.2) is 41.8 Å². The van der Waals surface area contributed by atoms with Gasteiger partial charge in [-0.15, -0.1) is 0 Å². The van der Waals surface area contributed by atoms with Gasteiger partial charge in [0.15, 0.2) is 0 Å². The predicted octanol–water partition coefficient (Wildman–Crippen LogP) is 2.40. The average Bonchev–Trinajstić information content (AvgIpc) is 2.61. The number of benzene rings is 1. The summed E-state index contributed by atoms with van der Waals surface area (Å²) in [4.78, 5) is 27.7. The Labute approximate surface area is 152 Å². The monoisotopic (exact) mass is 378 g/mol. The van der Waals surface area contributed by atoms with Crippen LogP contribution < -0.4 is 10.1 Å². The molecular formula is C17H19N2O6P. The Bertz CT molecular complexity index is 781. The molecule has 1 aromatic heterocycles. The number of phenolic OH excluding ortho intramolecular Hbond substituents is 1. The van der Waals surface area contributed by atoms with E-state index in [1.807, 2.05) is 0 Å². The van der Waals surface area contributed by atoms with Gasteiger partial charge in [-0.05, 0) is 31.2 Å². The van der Waals surface area contributed by atoms with Gasteiger partial charge in [-0.25, -0.2) is 9.78 Å². The van der Waals surface area contributed by atoms with Crippen LogP contribution in [0.25, 0.3) is 0 Å². The number of methoxy groups -OCH3 is 1. The van der Waals surface area contributed by atoms with E-state index in [0.717, 1.165) is 0 Å². The van der Waals surface area contributed by atoms with Gasteiger partial charge in [0.25, 0.3) is 5.91 Å². The smallest absolute Gasteiger partial charge is 0.339 e. The van der Waals surface area contributed by atoms with Crippen LogP contribution in [0.15, 0.2) is 36.5 Å². The van der Waals surface area contributed by atoms with Crippen LogP contribution in [0.4, 0.5) is 5.82 Å². The minimum absolute atomic E-state index is 0.111. The van der Waals surface area contributed by atoms with E-state index in [0.29, 0.717) is 12.4 Å². The Balaban J connectivity index is 2.11. The highest BCUT2D eigenvalue weighted by atomic mass is 31.0. The first-order valence-corrected chi connectivity index (χ1v) is 8.08. The molecule has 0 aliphatic rings. The lowest BCUT2D eigenvalue weighted by atomic mass is 10.2. The molecule has 0 saturated carbocycles. The molecule has 138 valence electrons. The summed E-state index contributed by atoms with van der Waals surface area (Å²) in [6.45, 7) is 2.12. The van der Waals surface area contributed by atoms with Gasteiger partial charge < -0.3 is 24.4 Å². The molecule has 0 spiro atoms. The summed E-state index contributed by atoms with van der Waals surface area (Å²) in [6, 6.07) is 7.16. The van der Waals surface area contributed by atoms with Crippen molar-refractivity contribution in [3.8, 4) is 11.5 Å². The molecule has 1 amide bonds. The van der Waals surface area contributed by atoms with Crippen LogP contribution in [-0.2, 0) is 9.26 Å². The molecule has 0 saturated heterocycles. The normalized spacial score (nSPS) is 11.5. The summed E-state index contributed by atoms with van der Waals surface area (Å²) >= 11 is 0. The van der Waals surface area contributed by atoms with Gasteiger partial charge in [0.2, 0.25) is 0 Å². The van der Waals surface area contributed by atoms with Crippen molar-refractivity contribution in [2.24, 2.45) is 0 Å². The number of pyridine rings is 1. The van der Waals surface area contributed by atoms with E-state index in [2.05, 4.69) is 24.5 Å². The van der Waals surface area contributed by atoms with Crippen LogP contribution in [0.3, 0.4) is 0 Å². The highest BCUT2D eigenvalue weighted by molar-refractivity contribution is 7.09. The van der Waals surface area contributed by atoms with E-state index in [1.165, 1.54) is 43.6 Å². The number of carbonyl (C=O) groups is 2. The van der Waals surface area contributed by atoms with Crippen LogP contribution in [0.5, 0.6) is 11.5 Å². The molecule has 0 fully saturated rings. The molecule has 2 aromatic rings. The SMILES string of the molecule is COC(=O)c1ccc(NC(=O)c2cc(O)cc(O[C@@H](C)COP)c2)nc1. The van der Waals surface area contributed by atoms with Crippen LogP contribution in [0.1, 0.15) is 27.6 Å². The standard InChI is InChI=1S/C17H19N2O6P/c1-10(9-24-26)25-14-6-12(5-13(20)7-14)16(21)19-15-4-3-11(8-18-15)17(22)23-2/h3-8,10,20H,9,26H2,1-2H3,(H,18,19,21)/t10-/m0/s1. The number of anilines is 1. The largest absolute Gasteiger partial charge is 0.508 e. The maximum atomic E-state index is 12.4. The molecular weight excluding hydrogens is 359 g/mol. The van der Waals surface area contributed by atoms with E-state index < -0.39 is 11.9 Å². The molecule has 26 heavy (non-hydrogen) atoms. The van der Waals surface area contributed by atoms with E-state index in [-0.39, 0.29) is 28.8 Å². The van der Waals surface area contributed by atoms with E-state index >= 15 is 0 Å². The maximum Gasteiger partial charge on any atom is 0.339 e. The number of aromatic nitrogens is 1. The quantitative estimate of drug-likeness (QED) is 0.563. The lowest BCUT2D eigenvalue weighted by Crippen LogP contribution is -2.17. The molecule has 2 atom stereocenters. The fourth-order valence-electron chi connectivity index (χ4n) is 2.08. The topological polar surface area (TPSA) is 107 Å². The van der Waals surface area contributed by atoms with Gasteiger partial charge in [0.1, 0.15) is 23.4 Å². The van der Waals surface area contributed by atoms with Crippen molar-refractivity contribution in [3.63, 3.8) is 0 Å². The Kier molecular flexibility index (Phi) is 6.89. The van der Waals surface area contributed by atoms with E-state index in [4.69, 9.17) is 9.26 Å². The number of phenols is 1. The number of nitrogens with one attached hydrogen (secondary N) is 1. The van der Waals surface area contributed by atoms with Crippen molar-refractivity contribution in [1.29, 1.82) is 0 Å². The van der Waals surface area contributed by atoms with Crippen molar-refractivity contribution in [2.75, 3.05) is 19.0 Å². The maximum absolute atomic E-state index is 12.4. The van der Waals surface area contributed by atoms with Crippen molar-refractivity contribution in [3.05, 3.63) is 47.7 Å². The van der Waals surface area contributed by atoms with Gasteiger partial charge in [-0.2, -0.15) is 0 Å². The highest BCUT2D eigenvalue weighted by Crippen LogP contribution is 2.23. The first-order chi connectivity index (χ1) is 12.4. The van der Waals surface area contributed by atoms with Crippen LogP contribution in [0, 0.1) is 0 Å². The number of carbonyl (C=O) groups excluding carboxylic acids is 2. The molecule has 8 nitrogen and oxygen atoms in total. The molecule has 2 N–H and O–H groups in total. The zero-order valence-corrected chi connectivity index (χ0v) is 15.4. The second kappa shape index (κ2) is 9.12. The number of hydrogen-bond acceptors (Lipinski definition) is 7. The summed E-state index contributed by atoms with van der Waals surface area (Å²) in [7, 11) is 3.40. The Hall–Kier alpha value is -2.70. The van der Waals surface area contributed by atoms with E-state index in [1.54, 1.807) is 6.92 Å². The molecule has 0 bridgehead atoms. The first kappa shape index (κ1) is 19.6. The van der Waals surface area contributed by atoms with Gasteiger partial charge in [-0.1, -0.05) is 0 Å². The zero-order chi connectivity index (χ0) is 19.1.